The van der Waals surface area contributed by atoms with Crippen LogP contribution >= 0.6 is 0 Å². The van der Waals surface area contributed by atoms with Gasteiger partial charge in [-0.2, -0.15) is 0 Å². The van der Waals surface area contributed by atoms with Gasteiger partial charge in [-0.15, -0.1) is 0 Å². The third-order valence-electron chi connectivity index (χ3n) is 9.46. The fourth-order valence-electron chi connectivity index (χ4n) is 7.30. The van der Waals surface area contributed by atoms with E-state index in [9.17, 15) is 25.5 Å². The summed E-state index contributed by atoms with van der Waals surface area (Å²) < 4.78 is 18.2. The quantitative estimate of drug-likeness (QED) is 0.118. The van der Waals surface area contributed by atoms with Crippen LogP contribution in [0.3, 0.4) is 0 Å². The first kappa shape index (κ1) is 30.9. The monoisotopic (exact) mass is 637 g/mol. The summed E-state index contributed by atoms with van der Waals surface area (Å²) in [5, 5.41) is 53.1. The average Bonchev–Trinajstić information content (AvgIpc) is 3.55. The van der Waals surface area contributed by atoms with Crippen LogP contribution in [0, 0.1) is 0 Å². The van der Waals surface area contributed by atoms with Crippen molar-refractivity contribution >= 4 is 10.9 Å². The number of phenols is 2. The van der Waals surface area contributed by atoms with E-state index in [1.807, 2.05) is 24.4 Å². The smallest absolute Gasteiger partial charge is 0.161 e. The fraction of sp³-hybridized carbons (Fsp3) is 0.316. The summed E-state index contributed by atoms with van der Waals surface area (Å²) in [4.78, 5) is 3.25. The number of aryl methyl sites for hydroxylation is 1. The van der Waals surface area contributed by atoms with E-state index in [-0.39, 0.29) is 43.0 Å². The van der Waals surface area contributed by atoms with Gasteiger partial charge >= 0.3 is 0 Å². The van der Waals surface area contributed by atoms with Crippen LogP contribution < -0.4 is 14.2 Å². The standard InChI is InChI=1S/C38H39NO8/c1-45-35-17-25(15-23(37(35)44)3-2-10-40)38-32(43)19-29-30-16-24(14-21-4-7-31-22(13-21)8-9-39-31)28-18-26(42)5-6-27(28)36(30)34(46-12-11-41)20-33(29)47-38/h4-9,13,15,17-18,20,24,32,38-44H,2-3,10-12,14,16,19H2,1H3/t24-,32-,38-/m1/s1. The lowest BCUT2D eigenvalue weighted by molar-refractivity contribution is 0.0201. The van der Waals surface area contributed by atoms with Gasteiger partial charge in [0.05, 0.1) is 19.8 Å². The molecule has 1 aliphatic carbocycles. The number of ether oxygens (including phenoxy) is 3. The van der Waals surface area contributed by atoms with E-state index in [2.05, 4.69) is 29.2 Å². The van der Waals surface area contributed by atoms with E-state index in [4.69, 9.17) is 14.2 Å². The molecule has 6 N–H and O–H groups in total. The molecule has 2 heterocycles. The van der Waals surface area contributed by atoms with Crippen molar-refractivity contribution in [2.24, 2.45) is 0 Å². The molecule has 244 valence electrons. The highest BCUT2D eigenvalue weighted by Gasteiger charge is 2.37. The Morgan fingerprint density at radius 2 is 1.79 bits per heavy atom. The van der Waals surface area contributed by atoms with Crippen LogP contribution in [0.4, 0.5) is 0 Å². The van der Waals surface area contributed by atoms with E-state index < -0.39 is 12.2 Å². The second kappa shape index (κ2) is 12.8. The molecule has 0 spiro atoms. The highest BCUT2D eigenvalue weighted by molar-refractivity contribution is 5.83. The van der Waals surface area contributed by atoms with Gasteiger partial charge in [0.2, 0.25) is 0 Å². The first-order valence-electron chi connectivity index (χ1n) is 16.1. The van der Waals surface area contributed by atoms with Crippen LogP contribution in [-0.2, 0) is 25.7 Å². The van der Waals surface area contributed by atoms with E-state index in [1.54, 1.807) is 18.2 Å². The maximum atomic E-state index is 11.6. The molecule has 0 fully saturated rings. The van der Waals surface area contributed by atoms with Crippen LogP contribution in [0.5, 0.6) is 28.7 Å². The number of phenolic OH excluding ortho intramolecular Hbond substituents is 2. The number of aromatic hydroxyl groups is 2. The summed E-state index contributed by atoms with van der Waals surface area (Å²) >= 11 is 0. The number of rotatable bonds is 10. The van der Waals surface area contributed by atoms with Gasteiger partial charge in [0.1, 0.15) is 30.0 Å². The van der Waals surface area contributed by atoms with E-state index in [0.717, 1.165) is 45.1 Å². The van der Waals surface area contributed by atoms with Gasteiger partial charge in [-0.05, 0) is 113 Å². The molecule has 0 radical (unpaired) electrons. The summed E-state index contributed by atoms with van der Waals surface area (Å²) in [5.74, 6) is 1.66. The summed E-state index contributed by atoms with van der Waals surface area (Å²) in [6.45, 7) is -0.0903. The molecule has 0 saturated heterocycles. The molecule has 3 atom stereocenters. The van der Waals surface area contributed by atoms with Crippen LogP contribution in [0.2, 0.25) is 0 Å². The number of aromatic nitrogens is 1. The third kappa shape index (κ3) is 5.75. The maximum absolute atomic E-state index is 11.6. The van der Waals surface area contributed by atoms with Crippen LogP contribution in [0.25, 0.3) is 22.0 Å². The van der Waals surface area contributed by atoms with Crippen molar-refractivity contribution in [2.45, 2.75) is 50.2 Å². The number of hydrogen-bond acceptors (Lipinski definition) is 8. The predicted molar refractivity (Wildman–Crippen MR) is 178 cm³/mol. The molecule has 9 nitrogen and oxygen atoms in total. The fourth-order valence-corrected chi connectivity index (χ4v) is 7.30. The normalized spacial score (nSPS) is 18.3. The van der Waals surface area contributed by atoms with E-state index in [1.165, 1.54) is 12.7 Å². The molecule has 7 rings (SSSR count). The number of fused-ring (bicyclic) bond motifs is 6. The number of aromatic amines is 1. The second-order valence-corrected chi connectivity index (χ2v) is 12.4. The molecule has 0 bridgehead atoms. The number of nitrogens with one attached hydrogen (secondary N) is 1. The lowest BCUT2D eigenvalue weighted by Gasteiger charge is -2.37. The Kier molecular flexibility index (Phi) is 8.44. The third-order valence-corrected chi connectivity index (χ3v) is 9.46. The predicted octanol–water partition coefficient (Wildman–Crippen LogP) is 5.47. The Labute approximate surface area is 272 Å². The van der Waals surface area contributed by atoms with Crippen LogP contribution in [-0.4, -0.2) is 63.6 Å². The summed E-state index contributed by atoms with van der Waals surface area (Å²) in [6.07, 6.45) is 2.89. The number of aliphatic hydroxyl groups is 3. The van der Waals surface area contributed by atoms with Crippen molar-refractivity contribution in [1.82, 2.24) is 4.98 Å². The minimum Gasteiger partial charge on any atom is -0.508 e. The van der Waals surface area contributed by atoms with Crippen LogP contribution in [0.15, 0.2) is 66.9 Å². The van der Waals surface area contributed by atoms with Gasteiger partial charge in [0.15, 0.2) is 11.5 Å². The molecule has 0 unspecified atom stereocenters. The topological polar surface area (TPSA) is 145 Å². The van der Waals surface area contributed by atoms with Crippen molar-refractivity contribution in [3.05, 3.63) is 100 Å². The van der Waals surface area contributed by atoms with Crippen molar-refractivity contribution in [3.63, 3.8) is 0 Å². The van der Waals surface area contributed by atoms with Crippen molar-refractivity contribution < 1.29 is 39.7 Å². The molecule has 0 saturated carbocycles. The van der Waals surface area contributed by atoms with Crippen molar-refractivity contribution in [2.75, 3.05) is 26.9 Å². The van der Waals surface area contributed by atoms with Crippen molar-refractivity contribution in [1.29, 1.82) is 0 Å². The minimum absolute atomic E-state index is 0.00978. The summed E-state index contributed by atoms with van der Waals surface area (Å²) in [7, 11) is 1.48. The molecule has 5 aromatic rings. The van der Waals surface area contributed by atoms with E-state index >= 15 is 0 Å². The first-order chi connectivity index (χ1) is 22.9. The molecule has 1 aliphatic heterocycles. The molecule has 47 heavy (non-hydrogen) atoms. The Balaban J connectivity index is 1.32. The molecular formula is C38H39NO8. The number of H-pyrrole nitrogens is 1. The Morgan fingerprint density at radius 3 is 2.60 bits per heavy atom. The largest absolute Gasteiger partial charge is 0.508 e. The van der Waals surface area contributed by atoms with Gasteiger partial charge in [0, 0.05) is 41.9 Å². The highest BCUT2D eigenvalue weighted by atomic mass is 16.5. The first-order valence-corrected chi connectivity index (χ1v) is 16.1. The SMILES string of the molecule is COc1cc([C@H]2Oc3cc(OCCO)c4c(c3C[C@H]2O)C[C@@H](Cc2ccc3[nH]ccc3c2)c2cc(O)ccc2-4)cc(CCCO)c1O. The number of methoxy groups -OCH3 is 1. The summed E-state index contributed by atoms with van der Waals surface area (Å²) in [5.41, 5.74) is 8.28. The Bertz CT molecular complexity index is 1930. The second-order valence-electron chi connectivity index (χ2n) is 12.4. The number of benzene rings is 4. The lowest BCUT2D eigenvalue weighted by atomic mass is 9.73. The Morgan fingerprint density at radius 1 is 0.915 bits per heavy atom. The van der Waals surface area contributed by atoms with Crippen molar-refractivity contribution in [3.8, 4) is 39.9 Å². The minimum atomic E-state index is -0.897. The van der Waals surface area contributed by atoms with Gasteiger partial charge in [-0.25, -0.2) is 0 Å². The Hall–Kier alpha value is -4.70. The summed E-state index contributed by atoms with van der Waals surface area (Å²) in [6, 6.07) is 19.2. The zero-order chi connectivity index (χ0) is 32.7. The maximum Gasteiger partial charge on any atom is 0.161 e. The average molecular weight is 638 g/mol. The molecule has 1 aromatic heterocycles. The molecule has 4 aromatic carbocycles. The van der Waals surface area contributed by atoms with Gasteiger partial charge in [0.25, 0.3) is 0 Å². The highest BCUT2D eigenvalue weighted by Crippen LogP contribution is 2.52. The van der Waals surface area contributed by atoms with Gasteiger partial charge < -0.3 is 44.7 Å². The molecule has 9 heteroatoms. The lowest BCUT2D eigenvalue weighted by Crippen LogP contribution is -2.32. The van der Waals surface area contributed by atoms with E-state index in [0.29, 0.717) is 48.3 Å². The number of aliphatic hydroxyl groups excluding tert-OH is 3. The molecule has 2 aliphatic rings. The zero-order valence-electron chi connectivity index (χ0n) is 26.2. The van der Waals surface area contributed by atoms with Gasteiger partial charge in [-0.3, -0.25) is 0 Å². The molecular weight excluding hydrogens is 598 g/mol. The number of hydrogen-bond donors (Lipinski definition) is 6. The van der Waals surface area contributed by atoms with Crippen LogP contribution in [0.1, 0.15) is 51.8 Å². The van der Waals surface area contributed by atoms with Gasteiger partial charge in [-0.1, -0.05) is 12.1 Å². The molecule has 0 amide bonds. The zero-order valence-corrected chi connectivity index (χ0v) is 26.2.